The molecule has 2 N–H and O–H groups in total. The Labute approximate surface area is 191 Å². The molecule has 0 heterocycles. The number of hydrogen-bond acceptors (Lipinski definition) is 4. The molecule has 0 saturated heterocycles. The number of para-hydroxylation sites is 1. The van der Waals surface area contributed by atoms with Crippen LogP contribution in [0.1, 0.15) is 15.9 Å². The fraction of sp³-hybridized carbons (Fsp3) is 0.120. The van der Waals surface area contributed by atoms with E-state index in [1.54, 1.807) is 43.5 Å². The first-order valence-electron chi connectivity index (χ1n) is 9.94. The van der Waals surface area contributed by atoms with Crippen LogP contribution >= 0.6 is 11.6 Å². The molecule has 0 aromatic heterocycles. The van der Waals surface area contributed by atoms with Crippen molar-refractivity contribution in [1.29, 1.82) is 0 Å². The summed E-state index contributed by atoms with van der Waals surface area (Å²) in [5.74, 6) is 0.445. The predicted octanol–water partition coefficient (Wildman–Crippen LogP) is 4.67. The number of nitrogens with one attached hydrogen (secondary N) is 2. The molecule has 0 atom stereocenters. The number of hydrogen-bond donors (Lipinski definition) is 2. The molecular formula is C25H23ClN2O4. The Morgan fingerprint density at radius 3 is 2.38 bits per heavy atom. The van der Waals surface area contributed by atoms with Gasteiger partial charge in [-0.1, -0.05) is 41.9 Å². The van der Waals surface area contributed by atoms with Crippen LogP contribution in [0, 0.1) is 0 Å². The van der Waals surface area contributed by atoms with Crippen molar-refractivity contribution in [3.63, 3.8) is 0 Å². The molecule has 0 bridgehead atoms. The topological polar surface area (TPSA) is 76.7 Å². The second-order valence-corrected chi connectivity index (χ2v) is 7.19. The lowest BCUT2D eigenvalue weighted by atomic mass is 10.1. The van der Waals surface area contributed by atoms with Crippen LogP contribution in [0.2, 0.25) is 5.02 Å². The van der Waals surface area contributed by atoms with E-state index in [1.165, 1.54) is 0 Å². The fourth-order valence-corrected chi connectivity index (χ4v) is 2.90. The highest BCUT2D eigenvalue weighted by molar-refractivity contribution is 6.30. The van der Waals surface area contributed by atoms with Crippen LogP contribution in [0.15, 0.2) is 84.6 Å². The third-order valence-electron chi connectivity index (χ3n) is 4.34. The van der Waals surface area contributed by atoms with E-state index in [9.17, 15) is 9.59 Å². The van der Waals surface area contributed by atoms with Crippen molar-refractivity contribution in [3.8, 4) is 11.5 Å². The van der Waals surface area contributed by atoms with Crippen LogP contribution in [-0.2, 0) is 9.53 Å². The molecule has 0 saturated carbocycles. The average Bonchev–Trinajstić information content (AvgIpc) is 2.80. The zero-order valence-electron chi connectivity index (χ0n) is 17.5. The van der Waals surface area contributed by atoms with Gasteiger partial charge in [-0.05, 0) is 60.2 Å². The van der Waals surface area contributed by atoms with E-state index in [0.717, 1.165) is 0 Å². The number of rotatable bonds is 9. The van der Waals surface area contributed by atoms with Crippen molar-refractivity contribution < 1.29 is 19.1 Å². The maximum atomic E-state index is 12.7. The van der Waals surface area contributed by atoms with Gasteiger partial charge in [-0.15, -0.1) is 0 Å². The van der Waals surface area contributed by atoms with Crippen molar-refractivity contribution >= 4 is 29.5 Å². The lowest BCUT2D eigenvalue weighted by molar-refractivity contribution is -0.117. The molecule has 0 aliphatic carbocycles. The molecule has 6 nitrogen and oxygen atoms in total. The van der Waals surface area contributed by atoms with Crippen LogP contribution < -0.4 is 15.4 Å². The van der Waals surface area contributed by atoms with Gasteiger partial charge in [0, 0.05) is 24.2 Å². The number of benzene rings is 3. The minimum atomic E-state index is -0.432. The van der Waals surface area contributed by atoms with Gasteiger partial charge in [0.25, 0.3) is 11.8 Å². The van der Waals surface area contributed by atoms with Gasteiger partial charge >= 0.3 is 0 Å². The molecule has 0 radical (unpaired) electrons. The summed E-state index contributed by atoms with van der Waals surface area (Å²) < 4.78 is 10.8. The van der Waals surface area contributed by atoms with Crippen LogP contribution in [-0.4, -0.2) is 32.1 Å². The minimum absolute atomic E-state index is 0.0953. The maximum absolute atomic E-state index is 12.7. The normalized spacial score (nSPS) is 11.0. The van der Waals surface area contributed by atoms with E-state index in [2.05, 4.69) is 10.6 Å². The van der Waals surface area contributed by atoms with Gasteiger partial charge in [0.15, 0.2) is 0 Å². The Bertz CT molecular complexity index is 1080. The smallest absolute Gasteiger partial charge is 0.267 e. The summed E-state index contributed by atoms with van der Waals surface area (Å²) in [7, 11) is 1.55. The van der Waals surface area contributed by atoms with Crippen molar-refractivity contribution in [2.24, 2.45) is 0 Å². The summed E-state index contributed by atoms with van der Waals surface area (Å²) >= 11 is 5.89. The average molecular weight is 451 g/mol. The van der Waals surface area contributed by atoms with E-state index < -0.39 is 11.8 Å². The summed E-state index contributed by atoms with van der Waals surface area (Å²) in [5, 5.41) is 5.93. The predicted molar refractivity (Wildman–Crippen MR) is 125 cm³/mol. The molecular weight excluding hydrogens is 428 g/mol. The summed E-state index contributed by atoms with van der Waals surface area (Å²) in [6.07, 6.45) is 1.59. The zero-order valence-corrected chi connectivity index (χ0v) is 18.3. The highest BCUT2D eigenvalue weighted by Crippen LogP contribution is 2.22. The molecule has 32 heavy (non-hydrogen) atoms. The Hall–Kier alpha value is -3.61. The van der Waals surface area contributed by atoms with Crippen molar-refractivity contribution in [3.05, 3.63) is 101 Å². The quantitative estimate of drug-likeness (QED) is 0.367. The molecule has 7 heteroatoms. The van der Waals surface area contributed by atoms with E-state index in [4.69, 9.17) is 21.1 Å². The number of amides is 2. The lowest BCUT2D eigenvalue weighted by Crippen LogP contribution is -2.36. The molecule has 3 rings (SSSR count). The molecule has 0 spiro atoms. The standard InChI is InChI=1S/C25H23ClN2O4/c1-31-15-14-27-25(30)23(28-24(29)19-10-12-20(26)13-11-19)17-18-6-5-9-22(16-18)32-21-7-3-2-4-8-21/h2-13,16-17H,14-15H2,1H3,(H,27,30)(H,28,29)/b23-17-. The molecule has 2 amide bonds. The molecule has 0 aliphatic rings. The third kappa shape index (κ3) is 6.97. The largest absolute Gasteiger partial charge is 0.457 e. The van der Waals surface area contributed by atoms with E-state index in [-0.39, 0.29) is 5.70 Å². The SMILES string of the molecule is COCCNC(=O)/C(=C/c1cccc(Oc2ccccc2)c1)NC(=O)c1ccc(Cl)cc1. The Balaban J connectivity index is 1.83. The molecule has 0 fully saturated rings. The Morgan fingerprint density at radius 2 is 1.66 bits per heavy atom. The first-order chi connectivity index (χ1) is 15.5. The van der Waals surface area contributed by atoms with Crippen LogP contribution in [0.25, 0.3) is 6.08 Å². The summed E-state index contributed by atoms with van der Waals surface area (Å²) in [6.45, 7) is 0.658. The molecule has 164 valence electrons. The molecule has 0 unspecified atom stereocenters. The van der Waals surface area contributed by atoms with Gasteiger partial charge in [-0.25, -0.2) is 0 Å². The molecule has 3 aromatic carbocycles. The highest BCUT2D eigenvalue weighted by atomic mass is 35.5. The monoisotopic (exact) mass is 450 g/mol. The Kier molecular flexibility index (Phi) is 8.43. The van der Waals surface area contributed by atoms with Gasteiger partial charge in [0.05, 0.1) is 6.61 Å². The minimum Gasteiger partial charge on any atom is -0.457 e. The summed E-state index contributed by atoms with van der Waals surface area (Å²) in [5.41, 5.74) is 1.16. The van der Waals surface area contributed by atoms with Gasteiger partial charge in [-0.2, -0.15) is 0 Å². The number of carbonyl (C=O) groups is 2. The number of methoxy groups -OCH3 is 1. The number of carbonyl (C=O) groups excluding carboxylic acids is 2. The van der Waals surface area contributed by atoms with E-state index in [1.807, 2.05) is 48.5 Å². The van der Waals surface area contributed by atoms with Crippen LogP contribution in [0.5, 0.6) is 11.5 Å². The Morgan fingerprint density at radius 1 is 0.938 bits per heavy atom. The lowest BCUT2D eigenvalue weighted by Gasteiger charge is -2.12. The fourth-order valence-electron chi connectivity index (χ4n) is 2.78. The first-order valence-corrected chi connectivity index (χ1v) is 10.3. The van der Waals surface area contributed by atoms with Gasteiger partial charge in [-0.3, -0.25) is 9.59 Å². The number of ether oxygens (including phenoxy) is 2. The highest BCUT2D eigenvalue weighted by Gasteiger charge is 2.15. The molecule has 0 aliphatic heterocycles. The third-order valence-corrected chi connectivity index (χ3v) is 4.59. The summed E-state index contributed by atoms with van der Waals surface area (Å²) in [4.78, 5) is 25.4. The van der Waals surface area contributed by atoms with Gasteiger partial charge in [0.2, 0.25) is 0 Å². The summed E-state index contributed by atoms with van der Waals surface area (Å²) in [6, 6.07) is 23.0. The van der Waals surface area contributed by atoms with Crippen molar-refractivity contribution in [2.45, 2.75) is 0 Å². The van der Waals surface area contributed by atoms with Gasteiger partial charge < -0.3 is 20.1 Å². The number of halogens is 1. The molecule has 3 aromatic rings. The van der Waals surface area contributed by atoms with E-state index in [0.29, 0.717) is 40.8 Å². The second kappa shape index (κ2) is 11.7. The second-order valence-electron chi connectivity index (χ2n) is 6.76. The van der Waals surface area contributed by atoms with Gasteiger partial charge in [0.1, 0.15) is 17.2 Å². The maximum Gasteiger partial charge on any atom is 0.267 e. The first kappa shape index (κ1) is 23.1. The van der Waals surface area contributed by atoms with Crippen molar-refractivity contribution in [2.75, 3.05) is 20.3 Å². The van der Waals surface area contributed by atoms with Crippen LogP contribution in [0.3, 0.4) is 0 Å². The van der Waals surface area contributed by atoms with E-state index >= 15 is 0 Å². The van der Waals surface area contributed by atoms with Crippen molar-refractivity contribution in [1.82, 2.24) is 10.6 Å². The zero-order chi connectivity index (χ0) is 22.8. The van der Waals surface area contributed by atoms with Crippen LogP contribution in [0.4, 0.5) is 0 Å².